The van der Waals surface area contributed by atoms with Crippen LogP contribution in [0.25, 0.3) is 0 Å². The number of amides is 1. The molecule has 4 aliphatic carbocycles. The molecule has 0 aliphatic heterocycles. The molecule has 3 atom stereocenters. The van der Waals surface area contributed by atoms with Crippen molar-refractivity contribution in [1.29, 1.82) is 0 Å². The van der Waals surface area contributed by atoms with Crippen LogP contribution in [0.3, 0.4) is 0 Å². The van der Waals surface area contributed by atoms with E-state index in [1.54, 1.807) is 0 Å². The summed E-state index contributed by atoms with van der Waals surface area (Å²) in [5, 5.41) is 3.24. The van der Waals surface area contributed by atoms with Crippen molar-refractivity contribution in [3.8, 4) is 0 Å². The lowest BCUT2D eigenvalue weighted by molar-refractivity contribution is -0.144. The van der Waals surface area contributed by atoms with Crippen LogP contribution in [0, 0.1) is 17.3 Å². The van der Waals surface area contributed by atoms with E-state index in [0.717, 1.165) is 37.5 Å². The average Bonchev–Trinajstić information content (AvgIpc) is 2.25. The van der Waals surface area contributed by atoms with Crippen LogP contribution in [0.2, 0.25) is 0 Å². The van der Waals surface area contributed by atoms with Crippen LogP contribution < -0.4 is 5.32 Å². The number of carbonyl (C=O) groups excluding carboxylic acids is 1. The Morgan fingerprint density at radius 3 is 2.44 bits per heavy atom. The molecule has 4 saturated carbocycles. The Balaban J connectivity index is 1.80. The van der Waals surface area contributed by atoms with Crippen molar-refractivity contribution in [2.24, 2.45) is 17.3 Å². The molecule has 1 amide bonds. The highest BCUT2D eigenvalue weighted by atomic mass is 79.9. The lowest BCUT2D eigenvalue weighted by Crippen LogP contribution is -2.59. The quantitative estimate of drug-likeness (QED) is 0.792. The maximum atomic E-state index is 12.7. The molecule has 0 aromatic carbocycles. The first-order chi connectivity index (χ1) is 8.45. The Bertz CT molecular complexity index is 354. The first-order valence-corrected chi connectivity index (χ1v) is 8.24. The predicted molar refractivity (Wildman–Crippen MR) is 76.7 cm³/mol. The van der Waals surface area contributed by atoms with Gasteiger partial charge in [0, 0.05) is 10.4 Å². The zero-order chi connectivity index (χ0) is 13.0. The maximum absolute atomic E-state index is 12.7. The van der Waals surface area contributed by atoms with Gasteiger partial charge in [0.1, 0.15) is 0 Å². The Hall–Kier alpha value is -0.0500. The minimum atomic E-state index is -0.0446. The summed E-state index contributed by atoms with van der Waals surface area (Å²) in [5.74, 6) is 1.91. The molecule has 2 nitrogen and oxygen atoms in total. The molecule has 0 radical (unpaired) electrons. The molecule has 1 N–H and O–H groups in total. The van der Waals surface area contributed by atoms with Crippen LogP contribution >= 0.6 is 15.9 Å². The van der Waals surface area contributed by atoms with Gasteiger partial charge in [-0.25, -0.2) is 0 Å². The van der Waals surface area contributed by atoms with Gasteiger partial charge >= 0.3 is 0 Å². The van der Waals surface area contributed by atoms with Gasteiger partial charge in [-0.05, 0) is 63.7 Å². The van der Waals surface area contributed by atoms with Crippen LogP contribution in [0.1, 0.15) is 58.8 Å². The number of alkyl halides is 1. The van der Waals surface area contributed by atoms with E-state index in [0.29, 0.717) is 11.9 Å². The molecule has 0 saturated heterocycles. The number of rotatable bonds is 3. The Kier molecular flexibility index (Phi) is 3.04. The van der Waals surface area contributed by atoms with E-state index in [1.807, 2.05) is 0 Å². The second-order valence-electron chi connectivity index (χ2n) is 7.18. The summed E-state index contributed by atoms with van der Waals surface area (Å²) >= 11 is 3.96. The molecule has 0 spiro atoms. The van der Waals surface area contributed by atoms with Crippen molar-refractivity contribution in [2.45, 2.75) is 69.2 Å². The summed E-state index contributed by atoms with van der Waals surface area (Å²) in [6.07, 6.45) is 8.32. The number of nitrogens with one attached hydrogen (secondary N) is 1. The number of carbonyl (C=O) groups is 1. The predicted octanol–water partition coefficient (Wildman–Crippen LogP) is 3.64. The van der Waals surface area contributed by atoms with E-state index in [-0.39, 0.29) is 9.74 Å². The monoisotopic (exact) mass is 313 g/mol. The van der Waals surface area contributed by atoms with Crippen molar-refractivity contribution in [3.05, 3.63) is 0 Å². The van der Waals surface area contributed by atoms with Crippen LogP contribution in [0.4, 0.5) is 0 Å². The van der Waals surface area contributed by atoms with Gasteiger partial charge in [0.15, 0.2) is 0 Å². The molecule has 18 heavy (non-hydrogen) atoms. The zero-order valence-corrected chi connectivity index (χ0v) is 13.1. The van der Waals surface area contributed by atoms with Crippen molar-refractivity contribution < 1.29 is 4.79 Å². The smallest absolute Gasteiger partial charge is 0.226 e. The van der Waals surface area contributed by atoms with E-state index in [2.05, 4.69) is 35.1 Å². The molecule has 3 heteroatoms. The highest BCUT2D eigenvalue weighted by Crippen LogP contribution is 2.64. The minimum absolute atomic E-state index is 0.0446. The topological polar surface area (TPSA) is 29.1 Å². The fourth-order valence-corrected chi connectivity index (χ4v) is 6.35. The van der Waals surface area contributed by atoms with Crippen molar-refractivity contribution in [2.75, 3.05) is 0 Å². The van der Waals surface area contributed by atoms with Crippen molar-refractivity contribution >= 4 is 21.8 Å². The third-order valence-electron chi connectivity index (χ3n) is 5.46. The Morgan fingerprint density at radius 1 is 1.33 bits per heavy atom. The van der Waals surface area contributed by atoms with Crippen molar-refractivity contribution in [1.82, 2.24) is 5.32 Å². The first-order valence-electron chi connectivity index (χ1n) is 7.45. The van der Waals surface area contributed by atoms with Gasteiger partial charge in [0.05, 0.1) is 5.41 Å². The van der Waals surface area contributed by atoms with Crippen LogP contribution in [0.5, 0.6) is 0 Å². The minimum Gasteiger partial charge on any atom is -0.353 e. The molecule has 3 unspecified atom stereocenters. The zero-order valence-electron chi connectivity index (χ0n) is 11.5. The maximum Gasteiger partial charge on any atom is 0.226 e. The fraction of sp³-hybridized carbons (Fsp3) is 0.933. The van der Waals surface area contributed by atoms with E-state index in [9.17, 15) is 4.79 Å². The van der Waals surface area contributed by atoms with Gasteiger partial charge in [0.25, 0.3) is 0 Å². The van der Waals surface area contributed by atoms with E-state index in [1.165, 1.54) is 19.3 Å². The van der Waals surface area contributed by atoms with Crippen LogP contribution in [-0.4, -0.2) is 16.3 Å². The summed E-state index contributed by atoms with van der Waals surface area (Å²) < 4.78 is 0.282. The van der Waals surface area contributed by atoms with E-state index in [4.69, 9.17) is 0 Å². The number of halogens is 1. The Morgan fingerprint density at radius 2 is 1.94 bits per heavy atom. The number of hydrogen-bond acceptors (Lipinski definition) is 1. The van der Waals surface area contributed by atoms with Gasteiger partial charge in [-0.1, -0.05) is 22.9 Å². The normalized spacial score (nSPS) is 47.1. The van der Waals surface area contributed by atoms with E-state index < -0.39 is 0 Å². The third-order valence-corrected chi connectivity index (χ3v) is 6.39. The largest absolute Gasteiger partial charge is 0.353 e. The standard InChI is InChI=1S/C15H24BrNO/c1-3-10(2)17-13(18)14-5-11-4-12(6-14)8-15(16,7-11)9-14/h10-12H,3-9H2,1-2H3,(H,17,18). The van der Waals surface area contributed by atoms with Gasteiger partial charge in [-0.3, -0.25) is 4.79 Å². The highest BCUT2D eigenvalue weighted by molar-refractivity contribution is 9.10. The van der Waals surface area contributed by atoms with Crippen LogP contribution in [0.15, 0.2) is 0 Å². The van der Waals surface area contributed by atoms with E-state index >= 15 is 0 Å². The van der Waals surface area contributed by atoms with Crippen molar-refractivity contribution in [3.63, 3.8) is 0 Å². The second-order valence-corrected chi connectivity index (χ2v) is 8.86. The fourth-order valence-electron chi connectivity index (χ4n) is 4.90. The number of hydrogen-bond donors (Lipinski definition) is 1. The highest BCUT2D eigenvalue weighted by Gasteiger charge is 2.59. The summed E-state index contributed by atoms with van der Waals surface area (Å²) in [6, 6.07) is 0.316. The van der Waals surface area contributed by atoms with Gasteiger partial charge in [-0.15, -0.1) is 0 Å². The molecule has 4 bridgehead atoms. The van der Waals surface area contributed by atoms with Gasteiger partial charge in [0.2, 0.25) is 5.91 Å². The Labute approximate surface area is 118 Å². The molecular formula is C15H24BrNO. The van der Waals surface area contributed by atoms with Gasteiger partial charge in [-0.2, -0.15) is 0 Å². The molecule has 0 heterocycles. The first kappa shape index (κ1) is 13.0. The molecule has 102 valence electrons. The lowest BCUT2D eigenvalue weighted by Gasteiger charge is -2.59. The van der Waals surface area contributed by atoms with Crippen LogP contribution in [-0.2, 0) is 4.79 Å². The third kappa shape index (κ3) is 2.03. The average molecular weight is 314 g/mol. The molecular weight excluding hydrogens is 290 g/mol. The molecule has 4 fully saturated rings. The SMILES string of the molecule is CCC(C)NC(=O)C12CC3CC(CC(Br)(C3)C1)C2. The molecule has 4 aliphatic rings. The summed E-state index contributed by atoms with van der Waals surface area (Å²) in [6.45, 7) is 4.25. The molecule has 4 rings (SSSR count). The molecule has 0 aromatic rings. The lowest BCUT2D eigenvalue weighted by atomic mass is 9.49. The van der Waals surface area contributed by atoms with Gasteiger partial charge < -0.3 is 5.32 Å². The summed E-state index contributed by atoms with van der Waals surface area (Å²) in [4.78, 5) is 12.7. The molecule has 0 aromatic heterocycles. The second kappa shape index (κ2) is 4.22. The summed E-state index contributed by atoms with van der Waals surface area (Å²) in [7, 11) is 0. The summed E-state index contributed by atoms with van der Waals surface area (Å²) in [5.41, 5.74) is -0.0446.